The van der Waals surface area contributed by atoms with Crippen molar-refractivity contribution in [3.8, 4) is 0 Å². The number of hydrogen-bond donors (Lipinski definition) is 0. The first-order valence-corrected chi connectivity index (χ1v) is 10.6. The van der Waals surface area contributed by atoms with Crippen LogP contribution in [0.3, 0.4) is 0 Å². The average Bonchev–Trinajstić information content (AvgIpc) is 3.05. The van der Waals surface area contributed by atoms with Crippen molar-refractivity contribution in [3.05, 3.63) is 36.0 Å². The number of piperidine rings is 2. The second-order valence-electron chi connectivity index (χ2n) is 8.65. The molecule has 28 heavy (non-hydrogen) atoms. The largest absolute Gasteiger partial charge is 0.342 e. The highest BCUT2D eigenvalue weighted by atomic mass is 16.2. The number of aromatic nitrogens is 1. The third kappa shape index (κ3) is 3.43. The minimum atomic E-state index is 0.0696. The minimum Gasteiger partial charge on any atom is -0.342 e. The van der Waals surface area contributed by atoms with Crippen LogP contribution in [0.15, 0.2) is 30.3 Å². The van der Waals surface area contributed by atoms with Crippen LogP contribution in [0.1, 0.15) is 55.9 Å². The molecule has 2 amide bonds. The number of carbonyl (C=O) groups is 2. The number of rotatable bonds is 4. The van der Waals surface area contributed by atoms with Crippen molar-refractivity contribution in [2.75, 3.05) is 26.2 Å². The molecule has 1 atom stereocenters. The zero-order valence-corrected chi connectivity index (χ0v) is 17.1. The maximum absolute atomic E-state index is 13.4. The van der Waals surface area contributed by atoms with E-state index in [1.807, 2.05) is 34.7 Å². The first-order chi connectivity index (χ1) is 13.5. The van der Waals surface area contributed by atoms with Gasteiger partial charge in [0.05, 0.1) is 0 Å². The van der Waals surface area contributed by atoms with Gasteiger partial charge in [-0.25, -0.2) is 0 Å². The van der Waals surface area contributed by atoms with Crippen molar-refractivity contribution in [1.29, 1.82) is 0 Å². The fraction of sp³-hybridized carbons (Fsp3) is 0.565. The van der Waals surface area contributed by atoms with Gasteiger partial charge in [0, 0.05) is 56.0 Å². The van der Waals surface area contributed by atoms with Gasteiger partial charge in [-0.2, -0.15) is 0 Å². The predicted octanol–water partition coefficient (Wildman–Crippen LogP) is 3.82. The summed E-state index contributed by atoms with van der Waals surface area (Å²) in [7, 11) is 1.97. The summed E-state index contributed by atoms with van der Waals surface area (Å²) >= 11 is 0. The van der Waals surface area contributed by atoms with Crippen LogP contribution in [0.2, 0.25) is 0 Å². The SMILES string of the molecule is CCCCN1CC2(CCCN(C(=O)c3cc4ccccc4n3C)C2)CCC1=O. The molecule has 0 aliphatic carbocycles. The molecule has 2 fully saturated rings. The standard InChI is InChI=1S/C23H31N3O2/c1-3-4-13-25-16-23(12-10-21(25)27)11-7-14-26(17-23)22(28)20-15-18-8-5-6-9-19(18)24(20)2/h5-6,8-9,15H,3-4,7,10-14,16-17H2,1-2H3. The molecule has 5 nitrogen and oxygen atoms in total. The van der Waals surface area contributed by atoms with E-state index in [0.29, 0.717) is 6.42 Å². The van der Waals surface area contributed by atoms with Crippen LogP contribution < -0.4 is 0 Å². The summed E-state index contributed by atoms with van der Waals surface area (Å²) in [6.07, 6.45) is 5.82. The highest BCUT2D eigenvalue weighted by Gasteiger charge is 2.42. The van der Waals surface area contributed by atoms with Crippen LogP contribution in [0.25, 0.3) is 10.9 Å². The molecule has 150 valence electrons. The topological polar surface area (TPSA) is 45.5 Å². The fourth-order valence-electron chi connectivity index (χ4n) is 5.03. The Balaban J connectivity index is 1.53. The van der Waals surface area contributed by atoms with Gasteiger partial charge < -0.3 is 14.4 Å². The third-order valence-corrected chi connectivity index (χ3v) is 6.65. The molecule has 2 aliphatic heterocycles. The number of carbonyl (C=O) groups excluding carboxylic acids is 2. The van der Waals surface area contributed by atoms with Crippen molar-refractivity contribution in [1.82, 2.24) is 14.4 Å². The highest BCUT2D eigenvalue weighted by molar-refractivity contribution is 5.98. The summed E-state index contributed by atoms with van der Waals surface area (Å²) in [5.41, 5.74) is 1.92. The van der Waals surface area contributed by atoms with E-state index in [2.05, 4.69) is 24.0 Å². The molecule has 2 aromatic rings. The number of likely N-dealkylation sites (tertiary alicyclic amines) is 2. The van der Waals surface area contributed by atoms with E-state index in [1.54, 1.807) is 0 Å². The molecule has 0 saturated carbocycles. The average molecular weight is 382 g/mol. The lowest BCUT2D eigenvalue weighted by atomic mass is 9.73. The molecule has 0 radical (unpaired) electrons. The van der Waals surface area contributed by atoms with E-state index in [9.17, 15) is 9.59 Å². The third-order valence-electron chi connectivity index (χ3n) is 6.65. The van der Waals surface area contributed by atoms with Gasteiger partial charge >= 0.3 is 0 Å². The summed E-state index contributed by atoms with van der Waals surface area (Å²) in [5.74, 6) is 0.408. The molecular weight excluding hydrogens is 350 g/mol. The van der Waals surface area contributed by atoms with Crippen LogP contribution >= 0.6 is 0 Å². The maximum atomic E-state index is 13.4. The summed E-state index contributed by atoms with van der Waals surface area (Å²) in [4.78, 5) is 29.8. The van der Waals surface area contributed by atoms with E-state index in [4.69, 9.17) is 0 Å². The lowest BCUT2D eigenvalue weighted by Crippen LogP contribution is -2.55. The number of para-hydroxylation sites is 1. The lowest BCUT2D eigenvalue weighted by molar-refractivity contribution is -0.139. The van der Waals surface area contributed by atoms with Gasteiger partial charge in [-0.05, 0) is 37.8 Å². The minimum absolute atomic E-state index is 0.0696. The smallest absolute Gasteiger partial charge is 0.270 e. The van der Waals surface area contributed by atoms with Crippen molar-refractivity contribution in [2.24, 2.45) is 12.5 Å². The second kappa shape index (κ2) is 7.61. The molecular formula is C23H31N3O2. The molecule has 0 bridgehead atoms. The van der Waals surface area contributed by atoms with E-state index >= 15 is 0 Å². The maximum Gasteiger partial charge on any atom is 0.270 e. The molecule has 2 saturated heterocycles. The molecule has 1 aromatic carbocycles. The highest BCUT2D eigenvalue weighted by Crippen LogP contribution is 2.39. The number of fused-ring (bicyclic) bond motifs is 1. The number of hydrogen-bond acceptors (Lipinski definition) is 2. The molecule has 3 heterocycles. The van der Waals surface area contributed by atoms with E-state index < -0.39 is 0 Å². The van der Waals surface area contributed by atoms with Gasteiger partial charge in [-0.15, -0.1) is 0 Å². The molecule has 5 heteroatoms. The Morgan fingerprint density at radius 3 is 2.79 bits per heavy atom. The van der Waals surface area contributed by atoms with Gasteiger partial charge in [0.1, 0.15) is 5.69 Å². The van der Waals surface area contributed by atoms with Crippen LogP contribution in [-0.4, -0.2) is 52.4 Å². The van der Waals surface area contributed by atoms with E-state index in [0.717, 1.165) is 74.9 Å². The van der Waals surface area contributed by atoms with E-state index in [-0.39, 0.29) is 17.2 Å². The summed E-state index contributed by atoms with van der Waals surface area (Å²) in [6, 6.07) is 10.1. The number of amides is 2. The fourth-order valence-corrected chi connectivity index (χ4v) is 5.03. The van der Waals surface area contributed by atoms with Gasteiger partial charge in [0.25, 0.3) is 5.91 Å². The zero-order chi connectivity index (χ0) is 19.7. The van der Waals surface area contributed by atoms with Gasteiger partial charge in [0.15, 0.2) is 0 Å². The Hall–Kier alpha value is -2.30. The zero-order valence-electron chi connectivity index (χ0n) is 17.1. The second-order valence-corrected chi connectivity index (χ2v) is 8.65. The predicted molar refractivity (Wildman–Crippen MR) is 111 cm³/mol. The van der Waals surface area contributed by atoms with Crippen molar-refractivity contribution in [3.63, 3.8) is 0 Å². The number of aryl methyl sites for hydroxylation is 1. The monoisotopic (exact) mass is 381 g/mol. The Morgan fingerprint density at radius 2 is 2.00 bits per heavy atom. The van der Waals surface area contributed by atoms with Crippen molar-refractivity contribution < 1.29 is 9.59 Å². The van der Waals surface area contributed by atoms with Crippen LogP contribution in [-0.2, 0) is 11.8 Å². The summed E-state index contributed by atoms with van der Waals surface area (Å²) in [5, 5.41) is 1.11. The summed E-state index contributed by atoms with van der Waals surface area (Å²) in [6.45, 7) is 5.41. The Morgan fingerprint density at radius 1 is 1.18 bits per heavy atom. The van der Waals surface area contributed by atoms with Gasteiger partial charge in [-0.1, -0.05) is 31.5 Å². The Kier molecular flexibility index (Phi) is 5.17. The first-order valence-electron chi connectivity index (χ1n) is 10.6. The van der Waals surface area contributed by atoms with Crippen LogP contribution in [0.5, 0.6) is 0 Å². The van der Waals surface area contributed by atoms with Gasteiger partial charge in [0.2, 0.25) is 5.91 Å². The number of nitrogens with zero attached hydrogens (tertiary/aromatic N) is 3. The molecule has 4 rings (SSSR count). The van der Waals surface area contributed by atoms with Crippen molar-refractivity contribution in [2.45, 2.75) is 45.4 Å². The normalized spacial score (nSPS) is 23.0. The molecule has 1 unspecified atom stereocenters. The summed E-state index contributed by atoms with van der Waals surface area (Å²) < 4.78 is 2.01. The molecule has 1 spiro atoms. The van der Waals surface area contributed by atoms with Crippen LogP contribution in [0.4, 0.5) is 0 Å². The van der Waals surface area contributed by atoms with Crippen molar-refractivity contribution >= 4 is 22.7 Å². The van der Waals surface area contributed by atoms with E-state index in [1.165, 1.54) is 0 Å². The Labute approximate surface area is 167 Å². The Bertz CT molecular complexity index is 887. The number of benzene rings is 1. The first kappa shape index (κ1) is 19.0. The quantitative estimate of drug-likeness (QED) is 0.808. The number of unbranched alkanes of at least 4 members (excludes halogenated alkanes) is 1. The van der Waals surface area contributed by atoms with Crippen LogP contribution in [0, 0.1) is 5.41 Å². The molecule has 0 N–H and O–H groups in total. The molecule has 2 aliphatic rings. The molecule has 1 aromatic heterocycles. The lowest BCUT2D eigenvalue weighted by Gasteiger charge is -2.48. The van der Waals surface area contributed by atoms with Gasteiger partial charge in [-0.3, -0.25) is 9.59 Å².